The zero-order chi connectivity index (χ0) is 13.2. The normalized spacial score (nSPS) is 24.2. The molecule has 0 N–H and O–H groups in total. The second-order valence-electron chi connectivity index (χ2n) is 5.69. The van der Waals surface area contributed by atoms with Gasteiger partial charge < -0.3 is 9.47 Å². The van der Waals surface area contributed by atoms with Crippen molar-refractivity contribution in [2.24, 2.45) is 5.41 Å². The summed E-state index contributed by atoms with van der Waals surface area (Å²) in [6.07, 6.45) is 10.6. The molecule has 2 fully saturated rings. The van der Waals surface area contributed by atoms with Crippen molar-refractivity contribution in [3.63, 3.8) is 0 Å². The van der Waals surface area contributed by atoms with Crippen LogP contribution >= 0.6 is 0 Å². The average Bonchev–Trinajstić information content (AvgIpc) is 2.92. The number of rotatable bonds is 2. The minimum Gasteiger partial charge on any atom is -0.348 e. The molecule has 2 aliphatic rings. The highest BCUT2D eigenvalue weighted by atomic mass is 16.7. The van der Waals surface area contributed by atoms with E-state index in [1.807, 2.05) is 6.07 Å². The van der Waals surface area contributed by atoms with E-state index in [9.17, 15) is 0 Å². The fourth-order valence-corrected chi connectivity index (χ4v) is 3.25. The van der Waals surface area contributed by atoms with E-state index in [-0.39, 0.29) is 11.2 Å². The molecule has 0 bridgehead atoms. The van der Waals surface area contributed by atoms with Crippen molar-refractivity contribution in [1.29, 1.82) is 0 Å². The van der Waals surface area contributed by atoms with Crippen LogP contribution in [-0.4, -0.2) is 19.0 Å². The highest BCUT2D eigenvalue weighted by molar-refractivity contribution is 5.21. The topological polar surface area (TPSA) is 18.5 Å². The molecule has 1 saturated heterocycles. The maximum atomic E-state index is 5.84. The van der Waals surface area contributed by atoms with Crippen LogP contribution in [0.15, 0.2) is 30.3 Å². The van der Waals surface area contributed by atoms with E-state index in [4.69, 9.17) is 15.9 Å². The molecule has 0 radical (unpaired) electrons. The summed E-state index contributed by atoms with van der Waals surface area (Å²) in [7, 11) is 0. The van der Waals surface area contributed by atoms with Crippen molar-refractivity contribution in [3.05, 3.63) is 35.9 Å². The summed E-state index contributed by atoms with van der Waals surface area (Å²) in [5.41, 5.74) is 1.30. The molecule has 2 nitrogen and oxygen atoms in total. The average molecular weight is 256 g/mol. The minimum absolute atomic E-state index is 0.0259. The third-order valence-electron chi connectivity index (χ3n) is 4.47. The molecule has 19 heavy (non-hydrogen) atoms. The first kappa shape index (κ1) is 12.7. The summed E-state index contributed by atoms with van der Waals surface area (Å²) < 4.78 is 11.6. The van der Waals surface area contributed by atoms with Crippen molar-refractivity contribution in [3.8, 4) is 12.3 Å². The first-order chi connectivity index (χ1) is 9.26. The monoisotopic (exact) mass is 256 g/mol. The van der Waals surface area contributed by atoms with Gasteiger partial charge in [-0.3, -0.25) is 0 Å². The van der Waals surface area contributed by atoms with Gasteiger partial charge in [0.25, 0.3) is 0 Å². The molecule has 1 aromatic carbocycles. The molecule has 0 amide bonds. The van der Waals surface area contributed by atoms with Gasteiger partial charge in [0, 0.05) is 18.3 Å². The zero-order valence-electron chi connectivity index (χ0n) is 11.2. The standard InChI is InChI=1S/C17H20O2/c1-2-16(14-15-6-4-3-5-7-15)8-10-17(11-9-16)18-12-13-19-17/h1,3-7H,8-14H2. The third kappa shape index (κ3) is 2.54. The second kappa shape index (κ2) is 5.00. The van der Waals surface area contributed by atoms with E-state index in [2.05, 4.69) is 30.2 Å². The lowest BCUT2D eigenvalue weighted by Crippen LogP contribution is -2.40. The van der Waals surface area contributed by atoms with Crippen LogP contribution in [0.1, 0.15) is 31.2 Å². The largest absolute Gasteiger partial charge is 0.348 e. The third-order valence-corrected chi connectivity index (χ3v) is 4.47. The van der Waals surface area contributed by atoms with Crippen LogP contribution in [0.2, 0.25) is 0 Å². The van der Waals surface area contributed by atoms with Gasteiger partial charge in [-0.2, -0.15) is 0 Å². The lowest BCUT2D eigenvalue weighted by atomic mass is 9.69. The van der Waals surface area contributed by atoms with Crippen LogP contribution in [0.4, 0.5) is 0 Å². The Balaban J connectivity index is 1.70. The van der Waals surface area contributed by atoms with Gasteiger partial charge in [0.05, 0.1) is 13.2 Å². The van der Waals surface area contributed by atoms with Crippen LogP contribution in [-0.2, 0) is 15.9 Å². The van der Waals surface area contributed by atoms with Gasteiger partial charge in [-0.1, -0.05) is 36.3 Å². The molecule has 1 aliphatic carbocycles. The van der Waals surface area contributed by atoms with Crippen molar-refractivity contribution >= 4 is 0 Å². The Kier molecular flexibility index (Phi) is 3.35. The fourth-order valence-electron chi connectivity index (χ4n) is 3.25. The Hall–Kier alpha value is -1.30. The van der Waals surface area contributed by atoms with E-state index >= 15 is 0 Å². The molecule has 1 heterocycles. The molecule has 1 spiro atoms. The summed E-state index contributed by atoms with van der Waals surface area (Å²) in [5.74, 6) is 2.74. The van der Waals surface area contributed by atoms with Gasteiger partial charge in [0.15, 0.2) is 5.79 Å². The van der Waals surface area contributed by atoms with Gasteiger partial charge in [-0.15, -0.1) is 6.42 Å². The molecule has 0 atom stereocenters. The predicted molar refractivity (Wildman–Crippen MR) is 74.5 cm³/mol. The van der Waals surface area contributed by atoms with Gasteiger partial charge in [0.1, 0.15) is 0 Å². The van der Waals surface area contributed by atoms with E-state index in [1.54, 1.807) is 0 Å². The van der Waals surface area contributed by atoms with E-state index in [0.29, 0.717) is 0 Å². The predicted octanol–water partition coefficient (Wildman–Crippen LogP) is 3.17. The molecule has 2 heteroatoms. The van der Waals surface area contributed by atoms with Gasteiger partial charge in [-0.05, 0) is 24.8 Å². The summed E-state index contributed by atoms with van der Waals surface area (Å²) >= 11 is 0. The van der Waals surface area contributed by atoms with Crippen molar-refractivity contribution in [2.45, 2.75) is 37.9 Å². The Labute approximate surface area is 115 Å². The van der Waals surface area contributed by atoms with Gasteiger partial charge >= 0.3 is 0 Å². The Morgan fingerprint density at radius 3 is 2.21 bits per heavy atom. The minimum atomic E-state index is -0.322. The second-order valence-corrected chi connectivity index (χ2v) is 5.69. The van der Waals surface area contributed by atoms with E-state index in [0.717, 1.165) is 45.3 Å². The van der Waals surface area contributed by atoms with Crippen molar-refractivity contribution in [2.75, 3.05) is 13.2 Å². The van der Waals surface area contributed by atoms with Gasteiger partial charge in [0.2, 0.25) is 0 Å². The molecule has 3 rings (SSSR count). The summed E-state index contributed by atoms with van der Waals surface area (Å²) in [6, 6.07) is 10.5. The number of hydrogen-bond donors (Lipinski definition) is 0. The number of ether oxygens (including phenoxy) is 2. The first-order valence-electron chi connectivity index (χ1n) is 7.06. The fraction of sp³-hybridized carbons (Fsp3) is 0.529. The summed E-state index contributed by atoms with van der Waals surface area (Å²) in [4.78, 5) is 0. The van der Waals surface area contributed by atoms with Crippen molar-refractivity contribution < 1.29 is 9.47 Å². The van der Waals surface area contributed by atoms with Gasteiger partial charge in [-0.25, -0.2) is 0 Å². The lowest BCUT2D eigenvalue weighted by Gasteiger charge is -2.41. The van der Waals surface area contributed by atoms with E-state index < -0.39 is 0 Å². The zero-order valence-corrected chi connectivity index (χ0v) is 11.2. The SMILES string of the molecule is C#CC1(Cc2ccccc2)CCC2(CC1)OCCO2. The number of hydrogen-bond acceptors (Lipinski definition) is 2. The smallest absolute Gasteiger partial charge is 0.168 e. The molecular weight excluding hydrogens is 236 g/mol. The van der Waals surface area contributed by atoms with Crippen LogP contribution in [0.3, 0.4) is 0 Å². The first-order valence-corrected chi connectivity index (χ1v) is 7.06. The molecular formula is C17H20O2. The summed E-state index contributed by atoms with van der Waals surface area (Å²) in [6.45, 7) is 1.45. The maximum absolute atomic E-state index is 5.84. The van der Waals surface area contributed by atoms with Crippen LogP contribution in [0.5, 0.6) is 0 Å². The van der Waals surface area contributed by atoms with E-state index in [1.165, 1.54) is 5.56 Å². The number of terminal acetylenes is 1. The molecule has 1 saturated carbocycles. The van der Waals surface area contributed by atoms with Crippen molar-refractivity contribution in [1.82, 2.24) is 0 Å². The highest BCUT2D eigenvalue weighted by Gasteiger charge is 2.45. The summed E-state index contributed by atoms with van der Waals surface area (Å²) in [5, 5.41) is 0. The molecule has 0 unspecified atom stereocenters. The Morgan fingerprint density at radius 1 is 1.00 bits per heavy atom. The quantitative estimate of drug-likeness (QED) is 0.757. The van der Waals surface area contributed by atoms with Crippen LogP contribution < -0.4 is 0 Å². The van der Waals surface area contributed by atoms with Crippen LogP contribution in [0.25, 0.3) is 0 Å². The van der Waals surface area contributed by atoms with Crippen LogP contribution in [0, 0.1) is 17.8 Å². The Bertz CT molecular complexity index is 456. The number of benzene rings is 1. The lowest BCUT2D eigenvalue weighted by molar-refractivity contribution is -0.187. The molecule has 1 aliphatic heterocycles. The molecule has 1 aromatic rings. The Morgan fingerprint density at radius 2 is 1.63 bits per heavy atom. The highest BCUT2D eigenvalue weighted by Crippen LogP contribution is 2.46. The molecule has 0 aromatic heterocycles. The maximum Gasteiger partial charge on any atom is 0.168 e. The molecule has 100 valence electrons.